The largest absolute Gasteiger partial charge is 0.345 e. The highest BCUT2D eigenvalue weighted by Gasteiger charge is 2.36. The van der Waals surface area contributed by atoms with E-state index >= 15 is 0 Å². The molecule has 0 radical (unpaired) electrons. The van der Waals surface area contributed by atoms with Crippen LogP contribution in [0.2, 0.25) is 0 Å². The summed E-state index contributed by atoms with van der Waals surface area (Å²) in [6.45, 7) is 0.439. The lowest BCUT2D eigenvalue weighted by atomic mass is 9.85. The maximum Gasteiger partial charge on any atom is 0.255 e. The number of rotatable bonds is 6. The minimum atomic E-state index is -0.0398. The normalized spacial score (nSPS) is 20.8. The van der Waals surface area contributed by atoms with Gasteiger partial charge in [-0.05, 0) is 38.5 Å². The summed E-state index contributed by atoms with van der Waals surface area (Å²) in [5, 5.41) is 16.5. The average Bonchev–Trinajstić information content (AvgIpc) is 3.62. The van der Waals surface area contributed by atoms with Crippen LogP contribution in [0.3, 0.4) is 0 Å². The Morgan fingerprint density at radius 2 is 1.85 bits per heavy atom. The standard InChI is InChI=1S/C20H28N6O/c1-25-12-16(18(24-25)13-5-3-2-4-6-13)20(27)21-11-17-22-23-19(14-7-8-14)26(17)15-9-10-15/h12-15H,2-11H2,1H3,(H,21,27). The van der Waals surface area contributed by atoms with E-state index in [9.17, 15) is 4.79 Å². The van der Waals surface area contributed by atoms with E-state index in [1.165, 1.54) is 44.9 Å². The van der Waals surface area contributed by atoms with Crippen molar-refractivity contribution < 1.29 is 4.79 Å². The van der Waals surface area contributed by atoms with Crippen LogP contribution >= 0.6 is 0 Å². The number of carbonyl (C=O) groups excluding carboxylic acids is 1. The summed E-state index contributed by atoms with van der Waals surface area (Å²) in [6.07, 6.45) is 12.7. The van der Waals surface area contributed by atoms with Gasteiger partial charge >= 0.3 is 0 Å². The number of aryl methyl sites for hydroxylation is 1. The lowest BCUT2D eigenvalue weighted by Gasteiger charge is -2.20. The molecule has 3 aliphatic rings. The van der Waals surface area contributed by atoms with Crippen LogP contribution in [0.25, 0.3) is 0 Å². The third kappa shape index (κ3) is 3.39. The van der Waals surface area contributed by atoms with Crippen LogP contribution in [0, 0.1) is 0 Å². The molecule has 0 spiro atoms. The Hall–Kier alpha value is -2.18. The van der Waals surface area contributed by atoms with Crippen LogP contribution in [-0.2, 0) is 13.6 Å². The van der Waals surface area contributed by atoms with Crippen molar-refractivity contribution in [1.29, 1.82) is 0 Å². The maximum atomic E-state index is 12.9. The first-order chi connectivity index (χ1) is 13.2. The molecule has 0 aromatic carbocycles. The third-order valence-corrected chi connectivity index (χ3v) is 6.15. The van der Waals surface area contributed by atoms with Gasteiger partial charge in [-0.2, -0.15) is 5.10 Å². The molecule has 7 nitrogen and oxygen atoms in total. The van der Waals surface area contributed by atoms with Crippen LogP contribution < -0.4 is 5.32 Å². The molecule has 2 aromatic rings. The fourth-order valence-corrected chi connectivity index (χ4v) is 4.42. The van der Waals surface area contributed by atoms with Crippen LogP contribution in [0.4, 0.5) is 0 Å². The van der Waals surface area contributed by atoms with Crippen molar-refractivity contribution in [2.24, 2.45) is 7.05 Å². The number of aromatic nitrogens is 5. The summed E-state index contributed by atoms with van der Waals surface area (Å²) < 4.78 is 4.07. The van der Waals surface area contributed by atoms with Gasteiger partial charge in [0.1, 0.15) is 5.82 Å². The molecule has 0 atom stereocenters. The van der Waals surface area contributed by atoms with Gasteiger partial charge in [-0.3, -0.25) is 9.48 Å². The van der Waals surface area contributed by atoms with Gasteiger partial charge in [-0.25, -0.2) is 0 Å². The molecule has 0 aliphatic heterocycles. The molecule has 144 valence electrons. The van der Waals surface area contributed by atoms with Gasteiger partial charge in [0.15, 0.2) is 5.82 Å². The highest BCUT2D eigenvalue weighted by Crippen LogP contribution is 2.44. The Kier molecular flexibility index (Phi) is 4.25. The molecular weight excluding hydrogens is 340 g/mol. The topological polar surface area (TPSA) is 77.6 Å². The van der Waals surface area contributed by atoms with E-state index in [0.29, 0.717) is 24.4 Å². The number of hydrogen-bond donors (Lipinski definition) is 1. The smallest absolute Gasteiger partial charge is 0.255 e. The van der Waals surface area contributed by atoms with Gasteiger partial charge in [0.2, 0.25) is 0 Å². The number of hydrogen-bond acceptors (Lipinski definition) is 4. The molecule has 0 saturated heterocycles. The van der Waals surface area contributed by atoms with Crippen molar-refractivity contribution in [2.45, 2.75) is 82.2 Å². The van der Waals surface area contributed by atoms with Crippen LogP contribution in [0.5, 0.6) is 0 Å². The van der Waals surface area contributed by atoms with E-state index < -0.39 is 0 Å². The zero-order valence-electron chi connectivity index (χ0n) is 16.0. The molecule has 1 amide bonds. The molecular formula is C20H28N6O. The number of nitrogens with zero attached hydrogens (tertiary/aromatic N) is 5. The molecule has 2 heterocycles. The third-order valence-electron chi connectivity index (χ3n) is 6.15. The van der Waals surface area contributed by atoms with E-state index in [4.69, 9.17) is 0 Å². The Morgan fingerprint density at radius 1 is 1.07 bits per heavy atom. The lowest BCUT2D eigenvalue weighted by Crippen LogP contribution is -2.26. The summed E-state index contributed by atoms with van der Waals surface area (Å²) in [5.41, 5.74) is 1.70. The minimum Gasteiger partial charge on any atom is -0.345 e. The highest BCUT2D eigenvalue weighted by atomic mass is 16.1. The summed E-state index contributed by atoms with van der Waals surface area (Å²) in [7, 11) is 1.90. The first kappa shape index (κ1) is 17.0. The zero-order chi connectivity index (χ0) is 18.4. The van der Waals surface area contributed by atoms with E-state index in [2.05, 4.69) is 25.2 Å². The fourth-order valence-electron chi connectivity index (χ4n) is 4.42. The quantitative estimate of drug-likeness (QED) is 0.849. The first-order valence-corrected chi connectivity index (χ1v) is 10.5. The molecule has 3 saturated carbocycles. The molecule has 7 heteroatoms. The second kappa shape index (κ2) is 6.77. The molecule has 5 rings (SSSR count). The molecule has 0 unspecified atom stereocenters. The monoisotopic (exact) mass is 368 g/mol. The van der Waals surface area contributed by atoms with Crippen molar-refractivity contribution in [3.63, 3.8) is 0 Å². The van der Waals surface area contributed by atoms with Gasteiger partial charge < -0.3 is 9.88 Å². The summed E-state index contributed by atoms with van der Waals surface area (Å²) in [4.78, 5) is 12.9. The number of carbonyl (C=O) groups is 1. The first-order valence-electron chi connectivity index (χ1n) is 10.5. The van der Waals surface area contributed by atoms with Gasteiger partial charge in [0.25, 0.3) is 5.91 Å². The minimum absolute atomic E-state index is 0.0398. The summed E-state index contributed by atoms with van der Waals surface area (Å²) in [5.74, 6) is 2.99. The second-order valence-electron chi connectivity index (χ2n) is 8.47. The lowest BCUT2D eigenvalue weighted by molar-refractivity contribution is 0.0947. The molecule has 3 aliphatic carbocycles. The zero-order valence-corrected chi connectivity index (χ0v) is 16.0. The van der Waals surface area contributed by atoms with Crippen molar-refractivity contribution in [3.05, 3.63) is 29.1 Å². The SMILES string of the molecule is Cn1cc(C(=O)NCc2nnc(C3CC3)n2C2CC2)c(C2CCCCC2)n1. The average molecular weight is 368 g/mol. The van der Waals surface area contributed by atoms with Gasteiger partial charge in [0.05, 0.1) is 17.8 Å². The van der Waals surface area contributed by atoms with Crippen molar-refractivity contribution in [3.8, 4) is 0 Å². The van der Waals surface area contributed by atoms with Crippen molar-refractivity contribution >= 4 is 5.91 Å². The van der Waals surface area contributed by atoms with Crippen molar-refractivity contribution in [1.82, 2.24) is 29.9 Å². The predicted molar refractivity (Wildman–Crippen MR) is 100 cm³/mol. The number of amides is 1. The fraction of sp³-hybridized carbons (Fsp3) is 0.700. The van der Waals surface area contributed by atoms with E-state index in [1.807, 2.05) is 13.2 Å². The Morgan fingerprint density at radius 3 is 2.56 bits per heavy atom. The molecule has 1 N–H and O–H groups in total. The Balaban J connectivity index is 1.32. The predicted octanol–water partition coefficient (Wildman–Crippen LogP) is 3.20. The Bertz CT molecular complexity index is 839. The van der Waals surface area contributed by atoms with Gasteiger partial charge in [-0.1, -0.05) is 19.3 Å². The summed E-state index contributed by atoms with van der Waals surface area (Å²) in [6, 6.07) is 0.540. The number of nitrogens with one attached hydrogen (secondary N) is 1. The molecule has 27 heavy (non-hydrogen) atoms. The Labute approximate surface area is 159 Å². The maximum absolute atomic E-state index is 12.9. The van der Waals surface area contributed by atoms with E-state index in [-0.39, 0.29) is 5.91 Å². The van der Waals surface area contributed by atoms with E-state index in [0.717, 1.165) is 35.7 Å². The second-order valence-corrected chi connectivity index (χ2v) is 8.47. The molecule has 0 bridgehead atoms. The van der Waals surface area contributed by atoms with Crippen molar-refractivity contribution in [2.75, 3.05) is 0 Å². The highest BCUT2D eigenvalue weighted by molar-refractivity contribution is 5.95. The van der Waals surface area contributed by atoms with Crippen LogP contribution in [0.15, 0.2) is 6.20 Å². The van der Waals surface area contributed by atoms with Crippen LogP contribution in [0.1, 0.15) is 103 Å². The van der Waals surface area contributed by atoms with Gasteiger partial charge in [-0.15, -0.1) is 10.2 Å². The van der Waals surface area contributed by atoms with Crippen LogP contribution in [-0.4, -0.2) is 30.5 Å². The summed E-state index contributed by atoms with van der Waals surface area (Å²) >= 11 is 0. The van der Waals surface area contributed by atoms with E-state index in [1.54, 1.807) is 4.68 Å². The molecule has 2 aromatic heterocycles. The van der Waals surface area contributed by atoms with Gasteiger partial charge in [0, 0.05) is 31.1 Å². The molecule has 3 fully saturated rings.